The molecule has 1 rings (SSSR count). The number of aliphatic imine (C=N–C) groups is 1. The minimum Gasteiger partial charge on any atom is -0.367 e. The van der Waals surface area contributed by atoms with Gasteiger partial charge in [-0.3, -0.25) is 9.89 Å². The Labute approximate surface area is 172 Å². The number of nitrogens with zero attached hydrogens (tertiary/aromatic N) is 2. The van der Waals surface area contributed by atoms with Crippen molar-refractivity contribution in [3.63, 3.8) is 0 Å². The van der Waals surface area contributed by atoms with Crippen LogP contribution < -0.4 is 10.6 Å². The number of benzene rings is 1. The Morgan fingerprint density at radius 1 is 1.10 bits per heavy atom. The van der Waals surface area contributed by atoms with Gasteiger partial charge in [-0.1, -0.05) is 24.3 Å². The zero-order valence-electron chi connectivity index (χ0n) is 18.1. The molecule has 0 aliphatic carbocycles. The molecule has 0 radical (unpaired) electrons. The Morgan fingerprint density at radius 2 is 1.76 bits per heavy atom. The van der Waals surface area contributed by atoms with Crippen LogP contribution in [0.2, 0.25) is 0 Å². The molecule has 0 bridgehead atoms. The second-order valence-electron chi connectivity index (χ2n) is 7.56. The van der Waals surface area contributed by atoms with E-state index in [2.05, 4.69) is 48.2 Å². The van der Waals surface area contributed by atoms with Crippen molar-refractivity contribution < 1.29 is 17.9 Å². The third kappa shape index (κ3) is 11.1. The molecule has 1 aromatic rings. The molecule has 29 heavy (non-hydrogen) atoms. The van der Waals surface area contributed by atoms with E-state index >= 15 is 0 Å². The lowest BCUT2D eigenvalue weighted by Crippen LogP contribution is -2.41. The van der Waals surface area contributed by atoms with Gasteiger partial charge in [-0.15, -0.1) is 0 Å². The Hall–Kier alpha value is -1.80. The summed E-state index contributed by atoms with van der Waals surface area (Å²) < 4.78 is 41.3. The fourth-order valence-electron chi connectivity index (χ4n) is 3.10. The van der Waals surface area contributed by atoms with Crippen molar-refractivity contribution in [2.75, 3.05) is 26.7 Å². The third-order valence-corrected chi connectivity index (χ3v) is 4.42. The number of guanidine groups is 1. The average molecular weight is 417 g/mol. The molecule has 0 saturated heterocycles. The highest BCUT2D eigenvalue weighted by atomic mass is 19.4. The molecule has 5 nitrogen and oxygen atoms in total. The quantitative estimate of drug-likeness (QED) is 0.326. The molecular weight excluding hydrogens is 381 g/mol. The van der Waals surface area contributed by atoms with Crippen LogP contribution in [0.1, 0.15) is 45.2 Å². The second kappa shape index (κ2) is 12.7. The van der Waals surface area contributed by atoms with E-state index in [1.54, 1.807) is 13.1 Å². The molecule has 0 aromatic heterocycles. The number of nitrogens with one attached hydrogen (secondary N) is 2. The van der Waals surface area contributed by atoms with Crippen molar-refractivity contribution >= 4 is 5.96 Å². The van der Waals surface area contributed by atoms with E-state index in [0.29, 0.717) is 30.2 Å². The smallest absolute Gasteiger partial charge is 0.367 e. The molecule has 0 saturated carbocycles. The van der Waals surface area contributed by atoms with E-state index in [1.165, 1.54) is 0 Å². The summed E-state index contributed by atoms with van der Waals surface area (Å²) in [6, 6.07) is 8.34. The number of rotatable bonds is 11. The molecule has 0 fully saturated rings. The van der Waals surface area contributed by atoms with Gasteiger partial charge >= 0.3 is 6.18 Å². The highest BCUT2D eigenvalue weighted by Gasteiger charge is 2.27. The van der Waals surface area contributed by atoms with E-state index in [9.17, 15) is 13.2 Å². The van der Waals surface area contributed by atoms with Crippen molar-refractivity contribution in [3.05, 3.63) is 35.4 Å². The number of hydrogen-bond donors (Lipinski definition) is 2. The molecule has 0 atom stereocenters. The fraction of sp³-hybridized carbons (Fsp3) is 0.667. The van der Waals surface area contributed by atoms with Crippen LogP contribution in [0.15, 0.2) is 29.3 Å². The van der Waals surface area contributed by atoms with Crippen molar-refractivity contribution in [3.8, 4) is 0 Å². The van der Waals surface area contributed by atoms with Gasteiger partial charge in [-0.25, -0.2) is 0 Å². The minimum absolute atomic E-state index is 0.0669. The summed E-state index contributed by atoms with van der Waals surface area (Å²) in [5, 5.41) is 6.53. The molecule has 166 valence electrons. The summed E-state index contributed by atoms with van der Waals surface area (Å²) in [5.74, 6) is 0.698. The van der Waals surface area contributed by atoms with E-state index in [0.717, 1.165) is 25.1 Å². The predicted octanol–water partition coefficient (Wildman–Crippen LogP) is 3.94. The van der Waals surface area contributed by atoms with Gasteiger partial charge in [0.2, 0.25) is 0 Å². The largest absolute Gasteiger partial charge is 0.411 e. The molecule has 0 aliphatic rings. The molecule has 0 heterocycles. The topological polar surface area (TPSA) is 48.9 Å². The molecular formula is C21H35F3N4O. The first-order valence-electron chi connectivity index (χ1n) is 10.0. The zero-order chi connectivity index (χ0) is 21.9. The Morgan fingerprint density at radius 3 is 2.34 bits per heavy atom. The molecule has 0 amide bonds. The first kappa shape index (κ1) is 25.2. The Kier molecular flexibility index (Phi) is 11.0. The third-order valence-electron chi connectivity index (χ3n) is 4.42. The van der Waals surface area contributed by atoms with E-state index in [4.69, 9.17) is 4.74 Å². The molecule has 0 spiro atoms. The van der Waals surface area contributed by atoms with Crippen LogP contribution in [-0.4, -0.2) is 55.9 Å². The maximum Gasteiger partial charge on any atom is 0.411 e. The highest BCUT2D eigenvalue weighted by Crippen LogP contribution is 2.16. The van der Waals surface area contributed by atoms with Crippen LogP contribution >= 0.6 is 0 Å². The lowest BCUT2D eigenvalue weighted by Gasteiger charge is -2.30. The van der Waals surface area contributed by atoms with Crippen molar-refractivity contribution in [1.29, 1.82) is 0 Å². The normalized spacial score (nSPS) is 12.9. The van der Waals surface area contributed by atoms with Crippen molar-refractivity contribution in [2.45, 2.75) is 65.5 Å². The summed E-state index contributed by atoms with van der Waals surface area (Å²) in [5.41, 5.74) is 1.66. The number of ether oxygens (including phenoxy) is 1. The van der Waals surface area contributed by atoms with Crippen molar-refractivity contribution in [1.82, 2.24) is 15.5 Å². The van der Waals surface area contributed by atoms with Gasteiger partial charge in [0.15, 0.2) is 5.96 Å². The van der Waals surface area contributed by atoms with E-state index in [1.807, 2.05) is 18.2 Å². The van der Waals surface area contributed by atoms with Gasteiger partial charge in [0.05, 0.1) is 6.61 Å². The van der Waals surface area contributed by atoms with Gasteiger partial charge in [0, 0.05) is 38.8 Å². The second-order valence-corrected chi connectivity index (χ2v) is 7.56. The van der Waals surface area contributed by atoms with Gasteiger partial charge < -0.3 is 15.4 Å². The summed E-state index contributed by atoms with van der Waals surface area (Å²) >= 11 is 0. The van der Waals surface area contributed by atoms with Crippen LogP contribution in [0.5, 0.6) is 0 Å². The number of alkyl halides is 3. The number of halogens is 3. The standard InChI is InChI=1S/C21H35F3N4O/c1-16(2)28(17(3)4)11-7-10-26-20(25-5)27-13-18-8-6-9-19(12-18)14-29-15-21(22,23)24/h6,8-9,12,16-17H,7,10-11,13-15H2,1-5H3,(H2,25,26,27). The molecule has 0 aliphatic heterocycles. The maximum absolute atomic E-state index is 12.2. The molecule has 1 aromatic carbocycles. The summed E-state index contributed by atoms with van der Waals surface area (Å²) in [4.78, 5) is 6.67. The summed E-state index contributed by atoms with van der Waals surface area (Å²) in [6.07, 6.45) is -3.30. The van der Waals surface area contributed by atoms with Crippen LogP contribution in [0.25, 0.3) is 0 Å². The maximum atomic E-state index is 12.2. The Bertz CT molecular complexity index is 610. The van der Waals surface area contributed by atoms with Crippen LogP contribution in [0.3, 0.4) is 0 Å². The van der Waals surface area contributed by atoms with E-state index < -0.39 is 12.8 Å². The average Bonchev–Trinajstić information content (AvgIpc) is 2.62. The summed E-state index contributed by atoms with van der Waals surface area (Å²) in [6.45, 7) is 9.86. The number of hydrogen-bond acceptors (Lipinski definition) is 3. The van der Waals surface area contributed by atoms with Gasteiger partial charge in [0.1, 0.15) is 6.61 Å². The van der Waals surface area contributed by atoms with Crippen LogP contribution in [0, 0.1) is 0 Å². The molecule has 2 N–H and O–H groups in total. The van der Waals surface area contributed by atoms with Crippen molar-refractivity contribution in [2.24, 2.45) is 4.99 Å². The first-order chi connectivity index (χ1) is 13.6. The molecule has 0 unspecified atom stereocenters. The predicted molar refractivity (Wildman–Crippen MR) is 112 cm³/mol. The highest BCUT2D eigenvalue weighted by molar-refractivity contribution is 5.79. The SMILES string of the molecule is CN=C(NCCCN(C(C)C)C(C)C)NCc1cccc(COCC(F)(F)F)c1. The molecule has 8 heteroatoms. The van der Waals surface area contributed by atoms with Gasteiger partial charge in [-0.05, 0) is 45.2 Å². The first-order valence-corrected chi connectivity index (χ1v) is 10.0. The zero-order valence-corrected chi connectivity index (χ0v) is 18.1. The van der Waals surface area contributed by atoms with Gasteiger partial charge in [0.25, 0.3) is 0 Å². The monoisotopic (exact) mass is 416 g/mol. The lowest BCUT2D eigenvalue weighted by atomic mass is 10.1. The van der Waals surface area contributed by atoms with Crippen LogP contribution in [0.4, 0.5) is 13.2 Å². The lowest BCUT2D eigenvalue weighted by molar-refractivity contribution is -0.176. The Balaban J connectivity index is 2.40. The fourth-order valence-corrected chi connectivity index (χ4v) is 3.10. The van der Waals surface area contributed by atoms with Crippen LogP contribution in [-0.2, 0) is 17.9 Å². The summed E-state index contributed by atoms with van der Waals surface area (Å²) in [7, 11) is 1.71. The minimum atomic E-state index is -4.31. The van der Waals surface area contributed by atoms with Gasteiger partial charge in [-0.2, -0.15) is 13.2 Å². The van der Waals surface area contributed by atoms with E-state index in [-0.39, 0.29) is 6.61 Å².